The maximum absolute atomic E-state index is 13.1. The lowest BCUT2D eigenvalue weighted by molar-refractivity contribution is -0.154. The minimum Gasteiger partial charge on any atom is -0.459 e. The van der Waals surface area contributed by atoms with Gasteiger partial charge in [-0.25, -0.2) is 9.18 Å². The number of nitrogens with one attached hydrogen (secondary N) is 2. The third kappa shape index (κ3) is 4.22. The van der Waals surface area contributed by atoms with Crippen LogP contribution < -0.4 is 10.9 Å². The summed E-state index contributed by atoms with van der Waals surface area (Å²) in [6.07, 6.45) is 0. The summed E-state index contributed by atoms with van der Waals surface area (Å²) < 4.78 is 17.5. The molecule has 1 rings (SSSR count). The molecule has 0 unspecified atom stereocenters. The molecule has 2 N–H and O–H groups in total. The zero-order valence-corrected chi connectivity index (χ0v) is 10.6. The molecule has 19 heavy (non-hydrogen) atoms. The molecular weight excluding hydrogens is 279 g/mol. The molecule has 0 atom stereocenters. The minimum absolute atomic E-state index is 0.0304. The second-order valence-corrected chi connectivity index (χ2v) is 3.66. The molecule has 102 valence electrons. The van der Waals surface area contributed by atoms with Crippen molar-refractivity contribution in [1.82, 2.24) is 10.9 Å². The molecule has 6 nitrogen and oxygen atoms in total. The van der Waals surface area contributed by atoms with Crippen molar-refractivity contribution in [2.45, 2.75) is 6.92 Å². The largest absolute Gasteiger partial charge is 0.459 e. The number of esters is 1. The fourth-order valence-corrected chi connectivity index (χ4v) is 1.19. The highest BCUT2D eigenvalue weighted by Gasteiger charge is 2.16. The number of carbonyl (C=O) groups is 3. The fraction of sp³-hybridized carbons (Fsp3) is 0.182. The summed E-state index contributed by atoms with van der Waals surface area (Å²) >= 11 is 5.45. The van der Waals surface area contributed by atoms with Gasteiger partial charge in [0, 0.05) is 5.56 Å². The lowest BCUT2D eigenvalue weighted by Crippen LogP contribution is -2.45. The average molecular weight is 289 g/mol. The van der Waals surface area contributed by atoms with E-state index in [1.54, 1.807) is 0 Å². The van der Waals surface area contributed by atoms with Gasteiger partial charge in [-0.05, 0) is 25.1 Å². The Morgan fingerprint density at radius 1 is 1.32 bits per heavy atom. The van der Waals surface area contributed by atoms with Gasteiger partial charge in [0.1, 0.15) is 5.82 Å². The van der Waals surface area contributed by atoms with Crippen LogP contribution in [0.1, 0.15) is 17.3 Å². The van der Waals surface area contributed by atoms with Crippen molar-refractivity contribution in [3.8, 4) is 0 Å². The van der Waals surface area contributed by atoms with Crippen molar-refractivity contribution in [3.63, 3.8) is 0 Å². The number of carbonyl (C=O) groups excluding carboxylic acids is 3. The van der Waals surface area contributed by atoms with Crippen molar-refractivity contribution in [2.75, 3.05) is 6.61 Å². The van der Waals surface area contributed by atoms with Crippen molar-refractivity contribution in [1.29, 1.82) is 0 Å². The monoisotopic (exact) mass is 288 g/mol. The Kier molecular flexibility index (Phi) is 5.25. The normalized spacial score (nSPS) is 9.63. The van der Waals surface area contributed by atoms with Crippen LogP contribution in [0, 0.1) is 5.82 Å². The predicted octanol–water partition coefficient (Wildman–Crippen LogP) is 0.803. The molecule has 0 fully saturated rings. The Morgan fingerprint density at radius 3 is 2.58 bits per heavy atom. The SMILES string of the molecule is CCOC(=O)C(=O)NNC(=O)c1ccc(Cl)c(F)c1. The van der Waals surface area contributed by atoms with E-state index in [9.17, 15) is 18.8 Å². The molecule has 8 heteroatoms. The van der Waals surface area contributed by atoms with Crippen molar-refractivity contribution in [2.24, 2.45) is 0 Å². The van der Waals surface area contributed by atoms with Crippen molar-refractivity contribution < 1.29 is 23.5 Å². The Hall–Kier alpha value is -2.15. The standard InChI is InChI=1S/C11H10ClFN2O4/c1-2-19-11(18)10(17)15-14-9(16)6-3-4-7(12)8(13)5-6/h3-5H,2H2,1H3,(H,14,16)(H,15,17). The highest BCUT2D eigenvalue weighted by Crippen LogP contribution is 2.15. The van der Waals surface area contributed by atoms with Crippen LogP contribution in [-0.2, 0) is 14.3 Å². The summed E-state index contributed by atoms with van der Waals surface area (Å²) in [7, 11) is 0. The van der Waals surface area contributed by atoms with Crippen LogP contribution >= 0.6 is 11.6 Å². The Bertz CT molecular complexity index is 521. The maximum Gasteiger partial charge on any atom is 0.398 e. The first-order valence-corrected chi connectivity index (χ1v) is 5.56. The molecule has 0 aromatic heterocycles. The molecule has 0 bridgehead atoms. The first-order valence-electron chi connectivity index (χ1n) is 5.18. The number of hydrazine groups is 1. The zero-order chi connectivity index (χ0) is 14.4. The number of halogens is 2. The molecule has 0 aliphatic rings. The van der Waals surface area contributed by atoms with Gasteiger partial charge in [-0.1, -0.05) is 11.6 Å². The van der Waals surface area contributed by atoms with Gasteiger partial charge in [-0.15, -0.1) is 0 Å². The van der Waals surface area contributed by atoms with E-state index >= 15 is 0 Å². The van der Waals surface area contributed by atoms with Crippen molar-refractivity contribution in [3.05, 3.63) is 34.6 Å². The topological polar surface area (TPSA) is 84.5 Å². The van der Waals surface area contributed by atoms with E-state index in [0.717, 1.165) is 6.07 Å². The van der Waals surface area contributed by atoms with E-state index in [1.807, 2.05) is 10.9 Å². The zero-order valence-electron chi connectivity index (χ0n) is 9.83. The van der Waals surface area contributed by atoms with Gasteiger partial charge in [0.05, 0.1) is 11.6 Å². The lowest BCUT2D eigenvalue weighted by Gasteiger charge is -2.07. The number of benzene rings is 1. The summed E-state index contributed by atoms with van der Waals surface area (Å²) in [6.45, 7) is 1.56. The van der Waals surface area contributed by atoms with Crippen LogP contribution in [0.3, 0.4) is 0 Å². The molecule has 0 saturated carbocycles. The summed E-state index contributed by atoms with van der Waals surface area (Å²) in [6, 6.07) is 3.35. The molecular formula is C11H10ClFN2O4. The summed E-state index contributed by atoms with van der Waals surface area (Å²) in [5.74, 6) is -3.84. The van der Waals surface area contributed by atoms with Crippen molar-refractivity contribution >= 4 is 29.4 Å². The van der Waals surface area contributed by atoms with Crippen LogP contribution in [0.25, 0.3) is 0 Å². The van der Waals surface area contributed by atoms with E-state index < -0.39 is 23.6 Å². The third-order valence-electron chi connectivity index (χ3n) is 1.93. The van der Waals surface area contributed by atoms with Gasteiger partial charge in [-0.2, -0.15) is 0 Å². The average Bonchev–Trinajstić information content (AvgIpc) is 2.39. The molecule has 0 heterocycles. The highest BCUT2D eigenvalue weighted by molar-refractivity contribution is 6.32. The molecule has 0 aliphatic heterocycles. The van der Waals surface area contributed by atoms with Crippen LogP contribution in [0.15, 0.2) is 18.2 Å². The third-order valence-corrected chi connectivity index (χ3v) is 2.24. The first kappa shape index (κ1) is 14.9. The molecule has 0 radical (unpaired) electrons. The lowest BCUT2D eigenvalue weighted by atomic mass is 10.2. The number of hydrogen-bond acceptors (Lipinski definition) is 4. The molecule has 0 spiro atoms. The molecule has 1 aromatic carbocycles. The maximum atomic E-state index is 13.1. The van der Waals surface area contributed by atoms with Crippen LogP contribution in [-0.4, -0.2) is 24.4 Å². The van der Waals surface area contributed by atoms with Gasteiger partial charge in [0.15, 0.2) is 0 Å². The first-order chi connectivity index (χ1) is 8.95. The van der Waals surface area contributed by atoms with Gasteiger partial charge < -0.3 is 4.74 Å². The van der Waals surface area contributed by atoms with E-state index in [2.05, 4.69) is 4.74 Å². The van der Waals surface area contributed by atoms with Gasteiger partial charge >= 0.3 is 11.9 Å². The smallest absolute Gasteiger partial charge is 0.398 e. The second-order valence-electron chi connectivity index (χ2n) is 3.26. The Morgan fingerprint density at radius 2 is 2.00 bits per heavy atom. The van der Waals surface area contributed by atoms with E-state index in [4.69, 9.17) is 11.6 Å². The number of rotatable bonds is 2. The molecule has 0 saturated heterocycles. The Balaban J connectivity index is 2.58. The number of hydrogen-bond donors (Lipinski definition) is 2. The minimum atomic E-state index is -1.13. The van der Waals surface area contributed by atoms with Crippen LogP contribution in [0.2, 0.25) is 5.02 Å². The van der Waals surface area contributed by atoms with Gasteiger partial charge in [0.25, 0.3) is 5.91 Å². The van der Waals surface area contributed by atoms with Crippen LogP contribution in [0.4, 0.5) is 4.39 Å². The second kappa shape index (κ2) is 6.69. The Labute approximate surface area is 112 Å². The molecule has 0 aliphatic carbocycles. The van der Waals surface area contributed by atoms with E-state index in [1.165, 1.54) is 19.1 Å². The van der Waals surface area contributed by atoms with E-state index in [-0.39, 0.29) is 17.2 Å². The highest BCUT2D eigenvalue weighted by atomic mass is 35.5. The summed E-state index contributed by atoms with van der Waals surface area (Å²) in [5, 5.41) is -0.132. The predicted molar refractivity (Wildman–Crippen MR) is 63.7 cm³/mol. The summed E-state index contributed by atoms with van der Waals surface area (Å²) in [5.41, 5.74) is 3.70. The van der Waals surface area contributed by atoms with Gasteiger partial charge in [-0.3, -0.25) is 20.4 Å². The molecule has 2 amide bonds. The molecule has 1 aromatic rings. The van der Waals surface area contributed by atoms with E-state index in [0.29, 0.717) is 0 Å². The van der Waals surface area contributed by atoms with Crippen LogP contribution in [0.5, 0.6) is 0 Å². The fourth-order valence-electron chi connectivity index (χ4n) is 1.07. The van der Waals surface area contributed by atoms with Gasteiger partial charge in [0.2, 0.25) is 0 Å². The number of ether oxygens (including phenoxy) is 1. The number of amides is 2. The quantitative estimate of drug-likeness (QED) is 0.479. The summed E-state index contributed by atoms with van der Waals surface area (Å²) in [4.78, 5) is 33.5.